The third-order valence-electron chi connectivity index (χ3n) is 18.7. The van der Waals surface area contributed by atoms with E-state index in [9.17, 15) is 9.18 Å². The first-order valence-corrected chi connectivity index (χ1v) is 42.1. The maximum Gasteiger partial charge on any atom is 0.320 e. The molecule has 0 bridgehead atoms. The number of rotatable bonds is 32. The van der Waals surface area contributed by atoms with E-state index in [1.807, 2.05) is 153 Å². The van der Waals surface area contributed by atoms with Gasteiger partial charge < -0.3 is 62.1 Å². The summed E-state index contributed by atoms with van der Waals surface area (Å²) >= 11 is 8.30. The second kappa shape index (κ2) is 49.1. The van der Waals surface area contributed by atoms with Gasteiger partial charge in [-0.2, -0.15) is 60.3 Å². The molecule has 0 atom stereocenters. The van der Waals surface area contributed by atoms with E-state index in [2.05, 4.69) is 145 Å². The number of nitrogens with zero attached hydrogens (tertiary/aromatic N) is 20. The van der Waals surface area contributed by atoms with Crippen molar-refractivity contribution >= 4 is 106 Å². The van der Waals surface area contributed by atoms with Gasteiger partial charge in [-0.1, -0.05) is 102 Å². The molecule has 12 aromatic rings. The molecule has 0 saturated carbocycles. The normalized spacial score (nSPS) is 14.0. The number of hydrogen-bond acceptors (Lipinski definition) is 32. The monoisotopic (exact) mass is 1820 g/mol. The Morgan fingerprint density at radius 1 is 0.400 bits per heavy atom. The van der Waals surface area contributed by atoms with E-state index in [1.54, 1.807) is 72.3 Å². The number of benzene rings is 4. The van der Waals surface area contributed by atoms with E-state index < -0.39 is 0 Å². The van der Waals surface area contributed by atoms with E-state index in [4.69, 9.17) is 49.5 Å². The Hall–Kier alpha value is -13.3. The van der Waals surface area contributed by atoms with Crippen LogP contribution < -0.4 is 65.8 Å². The third kappa shape index (κ3) is 30.9. The van der Waals surface area contributed by atoms with E-state index in [1.165, 1.54) is 30.0 Å². The lowest BCUT2D eigenvalue weighted by Crippen LogP contribution is -2.36. The van der Waals surface area contributed by atoms with Crippen LogP contribution in [0, 0.1) is 16.3 Å². The van der Waals surface area contributed by atoms with E-state index >= 15 is 0 Å². The maximum absolute atomic E-state index is 13.3. The molecule has 4 aliphatic heterocycles. The molecule has 4 aliphatic rings. The summed E-state index contributed by atoms with van der Waals surface area (Å²) in [6.45, 7) is 15.2. The zero-order valence-corrected chi connectivity index (χ0v) is 71.7. The minimum absolute atomic E-state index is 0.0769. The number of ether oxygens (including phenoxy) is 8. The van der Waals surface area contributed by atoms with Gasteiger partial charge in [0.2, 0.25) is 0 Å². The molecule has 4 aromatic carbocycles. The molecular formula is C89H95ClFIN24O9. The van der Waals surface area contributed by atoms with Gasteiger partial charge in [0.1, 0.15) is 35.7 Å². The lowest BCUT2D eigenvalue weighted by atomic mass is 10.2. The number of nitrogens with one attached hydrogen (secondary N) is 4. The molecule has 0 spiro atoms. The van der Waals surface area contributed by atoms with Crippen LogP contribution in [0.25, 0.3) is 0 Å². The first-order valence-electron chi connectivity index (χ1n) is 40.7. The average Bonchev–Trinajstić information content (AvgIpc) is 0.847. The van der Waals surface area contributed by atoms with Crippen LogP contribution in [0.1, 0.15) is 44.9 Å². The molecule has 33 nitrogen and oxygen atoms in total. The van der Waals surface area contributed by atoms with E-state index in [0.717, 1.165) is 113 Å². The Labute approximate surface area is 741 Å². The highest BCUT2D eigenvalue weighted by Gasteiger charge is 2.21. The van der Waals surface area contributed by atoms with Crippen molar-refractivity contribution in [2.24, 2.45) is 20.4 Å². The fourth-order valence-electron chi connectivity index (χ4n) is 12.4. The van der Waals surface area contributed by atoms with Crippen LogP contribution >= 0.6 is 34.2 Å². The molecule has 0 aliphatic carbocycles. The smallest absolute Gasteiger partial charge is 0.320 e. The number of aryl methyl sites for hydroxylation is 1. The predicted octanol–water partition coefficient (Wildman–Crippen LogP) is 12.0. The summed E-state index contributed by atoms with van der Waals surface area (Å²) in [5, 5.41) is 17.7. The van der Waals surface area contributed by atoms with E-state index in [-0.39, 0.29) is 30.0 Å². The molecule has 0 radical (unpaired) electrons. The topological polar surface area (TPSA) is 348 Å². The minimum atomic E-state index is -0.316. The first-order chi connectivity index (χ1) is 61.4. The Bertz CT molecular complexity index is 5120. The summed E-state index contributed by atoms with van der Waals surface area (Å²) in [6, 6.07) is 60.7. The first kappa shape index (κ1) is 89.4. The van der Waals surface area contributed by atoms with Crippen LogP contribution in [-0.4, -0.2) is 216 Å². The van der Waals surface area contributed by atoms with Crippen molar-refractivity contribution in [3.05, 3.63) is 289 Å². The lowest BCUT2D eigenvalue weighted by Gasteiger charge is -2.28. The van der Waals surface area contributed by atoms with Crippen molar-refractivity contribution in [2.45, 2.75) is 32.7 Å². The van der Waals surface area contributed by atoms with Crippen molar-refractivity contribution in [1.29, 1.82) is 0 Å². The molecular weight excluding hydrogens is 1730 g/mol. The van der Waals surface area contributed by atoms with Gasteiger partial charge in [-0.15, -0.1) is 0 Å². The molecule has 646 valence electrons. The Kier molecular flexibility index (Phi) is 35.1. The van der Waals surface area contributed by atoms with Gasteiger partial charge in [0.05, 0.1) is 104 Å². The molecule has 8 aromatic heterocycles. The standard InChI is InChI=1S/C23H26N6O3.C22H23ClN6O2.C22H23FN6O2.C22H23IN6O2/c1-18-5-4-6-19(15-18)17-24-27-20-16-21(28-9-12-31-13-10-28)26-23(25-20)32-14-11-29-8-3-2-7-22(29)30;3*23-18-5-3-4-17(14-18)16-25-28-20-15-21(29-9-12-30-13-10-29)27-22(26-20)31-11-7-19-6-1-2-8-24-19/h2-8,15-17H,9-14H2,1H3,(H,25,26,27);3*1-6,8,14-16H,7,9-13H2,(H,26,27,28)/b24-17+;3*25-16+. The van der Waals surface area contributed by atoms with Crippen molar-refractivity contribution in [2.75, 3.05) is 173 Å². The predicted molar refractivity (Wildman–Crippen MR) is 490 cm³/mol. The Balaban J connectivity index is 0.000000143. The quantitative estimate of drug-likeness (QED) is 0.0173. The molecule has 36 heteroatoms. The van der Waals surface area contributed by atoms with Crippen LogP contribution in [-0.2, 0) is 44.8 Å². The molecule has 4 fully saturated rings. The third-order valence-corrected chi connectivity index (χ3v) is 19.6. The average molecular weight is 1830 g/mol. The number of hydrazone groups is 4. The zero-order chi connectivity index (χ0) is 86.1. The molecule has 125 heavy (non-hydrogen) atoms. The Morgan fingerprint density at radius 2 is 0.752 bits per heavy atom. The second-order valence-electron chi connectivity index (χ2n) is 27.9. The summed E-state index contributed by atoms with van der Waals surface area (Å²) in [6.07, 6.45) is 15.7. The summed E-state index contributed by atoms with van der Waals surface area (Å²) in [5.74, 6) is 4.84. The summed E-state index contributed by atoms with van der Waals surface area (Å²) in [5.41, 5.74) is 19.3. The molecule has 12 heterocycles. The van der Waals surface area contributed by atoms with Gasteiger partial charge in [-0.25, -0.2) is 4.39 Å². The largest absolute Gasteiger partial charge is 0.463 e. The Morgan fingerprint density at radius 3 is 1.11 bits per heavy atom. The van der Waals surface area contributed by atoms with Crippen molar-refractivity contribution in [3.63, 3.8) is 0 Å². The van der Waals surface area contributed by atoms with Gasteiger partial charge in [-0.05, 0) is 131 Å². The molecule has 0 amide bonds. The highest BCUT2D eigenvalue weighted by atomic mass is 127. The summed E-state index contributed by atoms with van der Waals surface area (Å²) < 4.78 is 61.1. The van der Waals surface area contributed by atoms with Gasteiger partial charge in [0.15, 0.2) is 23.3 Å². The number of halogens is 3. The number of pyridine rings is 4. The van der Waals surface area contributed by atoms with Crippen LogP contribution in [0.5, 0.6) is 24.0 Å². The van der Waals surface area contributed by atoms with Crippen LogP contribution in [0.3, 0.4) is 0 Å². The highest BCUT2D eigenvalue weighted by Crippen LogP contribution is 2.27. The fourth-order valence-corrected chi connectivity index (χ4v) is 13.2. The SMILES string of the molecule is Cc1cccc(/C=N/Nc2cc(N3CCOCC3)nc(OCCn3ccccc3=O)n2)c1.Clc1cccc(/C=N/Nc2cc(N3CCOCC3)nc(OCCc3ccccn3)n2)c1.Fc1cccc(/C=N/Nc2cc(N3CCOCC3)nc(OCCc3ccccn3)n2)c1.Ic1cccc(/C=N/Nc2cc(N3CCOCC3)nc(OCCc3ccccn3)n2)c1. The van der Waals surface area contributed by atoms with Crippen LogP contribution in [0.4, 0.5) is 50.9 Å². The summed E-state index contributed by atoms with van der Waals surface area (Å²) in [4.78, 5) is 69.3. The highest BCUT2D eigenvalue weighted by molar-refractivity contribution is 14.1. The van der Waals surface area contributed by atoms with Crippen LogP contribution in [0.15, 0.2) is 244 Å². The number of anilines is 8. The van der Waals surface area contributed by atoms with Crippen LogP contribution in [0.2, 0.25) is 5.02 Å². The fraction of sp³-hybridized carbons (Fsp3) is 0.281. The van der Waals surface area contributed by atoms with Gasteiger partial charge >= 0.3 is 24.0 Å². The number of morpholine rings is 4. The van der Waals surface area contributed by atoms with Gasteiger partial charge in [0, 0.05) is 152 Å². The molecule has 4 saturated heterocycles. The zero-order valence-electron chi connectivity index (χ0n) is 68.8. The maximum atomic E-state index is 13.3. The second-order valence-corrected chi connectivity index (χ2v) is 29.6. The molecule has 4 N–H and O–H groups in total. The van der Waals surface area contributed by atoms with Gasteiger partial charge in [-0.3, -0.25) is 41.4 Å². The van der Waals surface area contributed by atoms with Crippen molar-refractivity contribution in [3.8, 4) is 24.0 Å². The molecule has 16 rings (SSSR count). The van der Waals surface area contributed by atoms with Gasteiger partial charge in [0.25, 0.3) is 5.56 Å². The van der Waals surface area contributed by atoms with Crippen molar-refractivity contribution < 1.29 is 42.3 Å². The van der Waals surface area contributed by atoms with E-state index in [0.29, 0.717) is 144 Å². The minimum Gasteiger partial charge on any atom is -0.463 e. The number of aromatic nitrogens is 12. The van der Waals surface area contributed by atoms with Crippen molar-refractivity contribution in [1.82, 2.24) is 59.4 Å². The lowest BCUT2D eigenvalue weighted by molar-refractivity contribution is 0.122. The molecule has 0 unspecified atom stereocenters. The number of hydrogen-bond donors (Lipinski definition) is 4. The summed E-state index contributed by atoms with van der Waals surface area (Å²) in [7, 11) is 0.